The van der Waals surface area contributed by atoms with Crippen LogP contribution in [0.15, 0.2) is 29.8 Å². The number of rotatable bonds is 3. The van der Waals surface area contributed by atoms with Crippen molar-refractivity contribution >= 4 is 19.9 Å². The van der Waals surface area contributed by atoms with Gasteiger partial charge in [0.05, 0.1) is 5.69 Å². The number of hydrogen-bond acceptors (Lipinski definition) is 2. The fourth-order valence-corrected chi connectivity index (χ4v) is 2.51. The summed E-state index contributed by atoms with van der Waals surface area (Å²) in [4.78, 5) is 12.3. The molecular weight excluding hydrogens is 326 g/mol. The van der Waals surface area contributed by atoms with Gasteiger partial charge in [-0.25, -0.2) is 4.79 Å². The zero-order valence-corrected chi connectivity index (χ0v) is 17.8. The van der Waals surface area contributed by atoms with Gasteiger partial charge in [-0.05, 0) is 52.7 Å². The van der Waals surface area contributed by atoms with Gasteiger partial charge in [0.15, 0.2) is 0 Å². The minimum absolute atomic E-state index is 0.451. The van der Waals surface area contributed by atoms with E-state index in [0.717, 1.165) is 23.2 Å². The monoisotopic (exact) mass is 357 g/mol. The van der Waals surface area contributed by atoms with Crippen molar-refractivity contribution in [1.29, 1.82) is 0 Å². The van der Waals surface area contributed by atoms with E-state index in [9.17, 15) is 4.79 Å². The molecule has 4 heteroatoms. The van der Waals surface area contributed by atoms with Gasteiger partial charge < -0.3 is 4.74 Å². The van der Waals surface area contributed by atoms with Crippen molar-refractivity contribution in [1.82, 2.24) is 0 Å². The minimum atomic E-state index is -1.51. The van der Waals surface area contributed by atoms with Crippen LogP contribution in [-0.4, -0.2) is 19.8 Å². The fraction of sp³-hybridized carbons (Fsp3) is 0.476. The summed E-state index contributed by atoms with van der Waals surface area (Å²) >= 11 is 0. The molecule has 1 rings (SSSR count). The molecule has 136 valence electrons. The number of carbonyl (C=O) groups is 1. The first-order valence-corrected chi connectivity index (χ1v) is 12.2. The van der Waals surface area contributed by atoms with Crippen LogP contribution in [0.1, 0.15) is 45.7 Å². The molecule has 25 heavy (non-hydrogen) atoms. The van der Waals surface area contributed by atoms with Crippen LogP contribution in [0.5, 0.6) is 0 Å². The standard InChI is InChI=1S/C21H31NO2Si/c1-16(2)12-13-17-10-9-11-18(14-15-25(6,7)8)19(17)22-20(23)24-21(3,4)5/h9-12H,13H2,1-8H3,(H,22,23). The van der Waals surface area contributed by atoms with E-state index in [-0.39, 0.29) is 0 Å². The lowest BCUT2D eigenvalue weighted by Crippen LogP contribution is -2.27. The molecule has 0 spiro atoms. The summed E-state index contributed by atoms with van der Waals surface area (Å²) in [6, 6.07) is 5.96. The predicted octanol–water partition coefficient (Wildman–Crippen LogP) is 5.77. The van der Waals surface area contributed by atoms with Gasteiger partial charge in [-0.3, -0.25) is 5.32 Å². The maximum atomic E-state index is 12.3. The summed E-state index contributed by atoms with van der Waals surface area (Å²) < 4.78 is 5.42. The zero-order valence-electron chi connectivity index (χ0n) is 16.8. The van der Waals surface area contributed by atoms with Crippen molar-refractivity contribution in [3.63, 3.8) is 0 Å². The predicted molar refractivity (Wildman–Crippen MR) is 110 cm³/mol. The first kappa shape index (κ1) is 21.1. The third-order valence-corrected chi connectivity index (χ3v) is 3.95. The van der Waals surface area contributed by atoms with E-state index in [1.807, 2.05) is 39.0 Å². The maximum absolute atomic E-state index is 12.3. The molecule has 0 aromatic heterocycles. The average Bonchev–Trinajstić information content (AvgIpc) is 2.41. The number of amides is 1. The van der Waals surface area contributed by atoms with Crippen LogP contribution < -0.4 is 5.32 Å². The van der Waals surface area contributed by atoms with E-state index >= 15 is 0 Å². The summed E-state index contributed by atoms with van der Waals surface area (Å²) in [5, 5.41) is 2.92. The van der Waals surface area contributed by atoms with E-state index in [1.165, 1.54) is 5.57 Å². The largest absolute Gasteiger partial charge is 0.444 e. The van der Waals surface area contributed by atoms with Crippen LogP contribution in [0.4, 0.5) is 10.5 Å². The molecule has 0 unspecified atom stereocenters. The molecule has 1 N–H and O–H groups in total. The second kappa shape index (κ2) is 8.40. The first-order chi connectivity index (χ1) is 11.4. The quantitative estimate of drug-likeness (QED) is 0.423. The van der Waals surface area contributed by atoms with E-state index in [1.54, 1.807) is 0 Å². The molecule has 1 amide bonds. The molecule has 3 nitrogen and oxygen atoms in total. The highest BCUT2D eigenvalue weighted by Gasteiger charge is 2.18. The third-order valence-electron chi connectivity index (χ3n) is 3.08. The highest BCUT2D eigenvalue weighted by Crippen LogP contribution is 2.23. The summed E-state index contributed by atoms with van der Waals surface area (Å²) in [5.74, 6) is 3.27. The van der Waals surface area contributed by atoms with Crippen LogP contribution in [0.2, 0.25) is 19.6 Å². The van der Waals surface area contributed by atoms with E-state index in [2.05, 4.69) is 56.3 Å². The van der Waals surface area contributed by atoms with Gasteiger partial charge in [-0.15, -0.1) is 5.54 Å². The lowest BCUT2D eigenvalue weighted by atomic mass is 10.0. The SMILES string of the molecule is CC(C)=CCc1cccc(C#C[Si](C)(C)C)c1NC(=O)OC(C)(C)C. The first-order valence-electron chi connectivity index (χ1n) is 8.66. The third kappa shape index (κ3) is 8.60. The molecule has 0 radical (unpaired) electrons. The number of para-hydroxylation sites is 1. The number of anilines is 1. The molecule has 0 atom stereocenters. The Morgan fingerprint density at radius 3 is 2.40 bits per heavy atom. The van der Waals surface area contributed by atoms with E-state index in [0.29, 0.717) is 0 Å². The second-order valence-electron chi connectivity index (χ2n) is 8.45. The second-order valence-corrected chi connectivity index (χ2v) is 13.2. The van der Waals surface area contributed by atoms with Crippen LogP contribution >= 0.6 is 0 Å². The lowest BCUT2D eigenvalue weighted by molar-refractivity contribution is 0.0635. The summed E-state index contributed by atoms with van der Waals surface area (Å²) in [7, 11) is -1.51. The van der Waals surface area contributed by atoms with E-state index < -0.39 is 19.8 Å². The topological polar surface area (TPSA) is 38.3 Å². The van der Waals surface area contributed by atoms with Crippen LogP contribution in [0, 0.1) is 11.5 Å². The van der Waals surface area contributed by atoms with Crippen molar-refractivity contribution in [2.45, 2.75) is 66.3 Å². The van der Waals surface area contributed by atoms with Crippen LogP contribution in [0.25, 0.3) is 0 Å². The smallest absolute Gasteiger partial charge is 0.412 e. The normalized spacial score (nSPS) is 11.2. The number of allylic oxidation sites excluding steroid dienone is 2. The molecule has 1 aromatic carbocycles. The Bertz CT molecular complexity index is 706. The molecule has 0 bridgehead atoms. The highest BCUT2D eigenvalue weighted by atomic mass is 28.3. The lowest BCUT2D eigenvalue weighted by Gasteiger charge is -2.21. The Hall–Kier alpha value is -1.99. The Labute approximate surface area is 153 Å². The number of nitrogens with one attached hydrogen (secondary N) is 1. The Kier molecular flexibility index (Phi) is 7.07. The molecule has 0 fully saturated rings. The zero-order chi connectivity index (χ0) is 19.3. The van der Waals surface area contributed by atoms with E-state index in [4.69, 9.17) is 4.74 Å². The van der Waals surface area contributed by atoms with Gasteiger partial charge in [0.25, 0.3) is 0 Å². The molecule has 0 saturated heterocycles. The average molecular weight is 358 g/mol. The van der Waals surface area contributed by atoms with Gasteiger partial charge in [-0.1, -0.05) is 49.3 Å². The molecule has 1 aromatic rings. The Morgan fingerprint density at radius 2 is 1.88 bits per heavy atom. The maximum Gasteiger partial charge on any atom is 0.412 e. The minimum Gasteiger partial charge on any atom is -0.444 e. The number of carbonyl (C=O) groups excluding carboxylic acids is 1. The number of benzene rings is 1. The van der Waals surface area contributed by atoms with Crippen molar-refractivity contribution < 1.29 is 9.53 Å². The molecule has 0 aliphatic rings. The number of ether oxygens (including phenoxy) is 1. The van der Waals surface area contributed by atoms with Crippen molar-refractivity contribution in [2.75, 3.05) is 5.32 Å². The van der Waals surface area contributed by atoms with Gasteiger partial charge in [0.1, 0.15) is 13.7 Å². The summed E-state index contributed by atoms with van der Waals surface area (Å²) in [6.07, 6.45) is 2.44. The molecule has 0 heterocycles. The fourth-order valence-electron chi connectivity index (χ4n) is 2.00. The Morgan fingerprint density at radius 1 is 1.24 bits per heavy atom. The highest BCUT2D eigenvalue weighted by molar-refractivity contribution is 6.83. The number of hydrogen-bond donors (Lipinski definition) is 1. The molecule has 0 aliphatic carbocycles. The molecule has 0 saturated carbocycles. The molecular formula is C21H31NO2Si. The van der Waals surface area contributed by atoms with Gasteiger partial charge in [-0.2, -0.15) is 0 Å². The van der Waals surface area contributed by atoms with Crippen molar-refractivity contribution in [2.24, 2.45) is 0 Å². The summed E-state index contributed by atoms with van der Waals surface area (Å²) in [6.45, 7) is 16.3. The van der Waals surface area contributed by atoms with Crippen LogP contribution in [0.3, 0.4) is 0 Å². The van der Waals surface area contributed by atoms with Gasteiger partial charge in [0.2, 0.25) is 0 Å². The summed E-state index contributed by atoms with van der Waals surface area (Å²) in [5.41, 5.74) is 6.70. The van der Waals surface area contributed by atoms with Crippen LogP contribution in [-0.2, 0) is 11.2 Å². The Balaban J connectivity index is 3.28. The van der Waals surface area contributed by atoms with Crippen molar-refractivity contribution in [3.8, 4) is 11.5 Å². The van der Waals surface area contributed by atoms with Gasteiger partial charge >= 0.3 is 6.09 Å². The van der Waals surface area contributed by atoms with Crippen molar-refractivity contribution in [3.05, 3.63) is 41.0 Å². The van der Waals surface area contributed by atoms with Gasteiger partial charge in [0, 0.05) is 5.56 Å². The molecule has 0 aliphatic heterocycles.